The maximum atomic E-state index is 11.1. The molecule has 0 saturated heterocycles. The summed E-state index contributed by atoms with van der Waals surface area (Å²) in [4.78, 5) is 11.1. The summed E-state index contributed by atoms with van der Waals surface area (Å²) >= 11 is 11.4. The quantitative estimate of drug-likeness (QED) is 0.590. The predicted molar refractivity (Wildman–Crippen MR) is 57.6 cm³/mol. The molecule has 0 radical (unpaired) electrons. The molecule has 0 heterocycles. The lowest BCUT2D eigenvalue weighted by molar-refractivity contribution is 0.0600. The molecule has 0 unspecified atom stereocenters. The SMILES string of the molecule is COC(=O)c1cc(Cl)c(B(O)O)c(Cl)c1. The van der Waals surface area contributed by atoms with Crippen molar-refractivity contribution in [3.8, 4) is 0 Å². The van der Waals surface area contributed by atoms with E-state index in [0.29, 0.717) is 0 Å². The second-order valence-electron chi connectivity index (χ2n) is 2.72. The zero-order valence-electron chi connectivity index (χ0n) is 7.70. The first-order chi connectivity index (χ1) is 6.97. The lowest BCUT2D eigenvalue weighted by Gasteiger charge is -2.07. The highest BCUT2D eigenvalue weighted by molar-refractivity contribution is 6.66. The monoisotopic (exact) mass is 248 g/mol. The highest BCUT2D eigenvalue weighted by Gasteiger charge is 2.21. The van der Waals surface area contributed by atoms with Crippen LogP contribution in [0.4, 0.5) is 0 Å². The number of hydrogen-bond acceptors (Lipinski definition) is 4. The maximum Gasteiger partial charge on any atom is 0.491 e. The molecule has 0 aliphatic carbocycles. The predicted octanol–water partition coefficient (Wildman–Crippen LogP) is 0.460. The molecule has 0 spiro atoms. The summed E-state index contributed by atoms with van der Waals surface area (Å²) < 4.78 is 4.47. The van der Waals surface area contributed by atoms with Crippen LogP contribution in [0.15, 0.2) is 12.1 Å². The number of carbonyl (C=O) groups is 1. The van der Waals surface area contributed by atoms with Crippen LogP contribution in [0.3, 0.4) is 0 Å². The zero-order chi connectivity index (χ0) is 11.6. The van der Waals surface area contributed by atoms with Crippen LogP contribution >= 0.6 is 23.2 Å². The van der Waals surface area contributed by atoms with Crippen LogP contribution in [0.5, 0.6) is 0 Å². The molecule has 80 valence electrons. The van der Waals surface area contributed by atoms with Gasteiger partial charge in [0.1, 0.15) is 0 Å². The number of rotatable bonds is 2. The van der Waals surface area contributed by atoms with Crippen LogP contribution < -0.4 is 5.46 Å². The Morgan fingerprint density at radius 3 is 2.13 bits per heavy atom. The first kappa shape index (κ1) is 12.3. The first-order valence-electron chi connectivity index (χ1n) is 3.90. The molecule has 7 heteroatoms. The molecule has 0 saturated carbocycles. The van der Waals surface area contributed by atoms with Crippen LogP contribution in [0.25, 0.3) is 0 Å². The molecule has 15 heavy (non-hydrogen) atoms. The van der Waals surface area contributed by atoms with Gasteiger partial charge in [-0.2, -0.15) is 0 Å². The van der Waals surface area contributed by atoms with Crippen molar-refractivity contribution in [2.45, 2.75) is 0 Å². The molecular formula is C8H7BCl2O4. The second-order valence-corrected chi connectivity index (χ2v) is 3.53. The van der Waals surface area contributed by atoms with Crippen LogP contribution in [0.1, 0.15) is 10.4 Å². The fourth-order valence-electron chi connectivity index (χ4n) is 1.07. The third kappa shape index (κ3) is 2.63. The number of benzene rings is 1. The van der Waals surface area contributed by atoms with E-state index in [1.54, 1.807) is 0 Å². The van der Waals surface area contributed by atoms with Crippen LogP contribution in [-0.4, -0.2) is 30.2 Å². The van der Waals surface area contributed by atoms with Crippen molar-refractivity contribution in [3.05, 3.63) is 27.7 Å². The minimum absolute atomic E-state index is 0.00194. The third-order valence-electron chi connectivity index (χ3n) is 1.76. The Morgan fingerprint density at radius 1 is 1.33 bits per heavy atom. The molecule has 1 aromatic carbocycles. The van der Waals surface area contributed by atoms with E-state index < -0.39 is 13.1 Å². The van der Waals surface area contributed by atoms with Crippen molar-refractivity contribution in [2.24, 2.45) is 0 Å². The number of ether oxygens (including phenoxy) is 1. The third-order valence-corrected chi connectivity index (χ3v) is 2.38. The van der Waals surface area contributed by atoms with Gasteiger partial charge < -0.3 is 14.8 Å². The van der Waals surface area contributed by atoms with Crippen molar-refractivity contribution in [2.75, 3.05) is 7.11 Å². The zero-order valence-corrected chi connectivity index (χ0v) is 9.21. The van der Waals surface area contributed by atoms with Crippen molar-refractivity contribution in [1.82, 2.24) is 0 Å². The minimum atomic E-state index is -1.78. The van der Waals surface area contributed by atoms with Crippen molar-refractivity contribution in [3.63, 3.8) is 0 Å². The van der Waals surface area contributed by atoms with Gasteiger partial charge in [0.05, 0.1) is 12.7 Å². The molecule has 2 N–H and O–H groups in total. The van der Waals surface area contributed by atoms with Crippen LogP contribution in [0, 0.1) is 0 Å². The van der Waals surface area contributed by atoms with Crippen molar-refractivity contribution in [1.29, 1.82) is 0 Å². The van der Waals surface area contributed by atoms with Gasteiger partial charge in [-0.1, -0.05) is 23.2 Å². The Morgan fingerprint density at radius 2 is 1.80 bits per heavy atom. The van der Waals surface area contributed by atoms with Crippen molar-refractivity contribution >= 4 is 41.8 Å². The summed E-state index contributed by atoms with van der Waals surface area (Å²) in [7, 11) is -0.560. The van der Waals surface area contributed by atoms with Gasteiger partial charge in [-0.3, -0.25) is 0 Å². The number of halogens is 2. The Bertz CT molecular complexity index is 371. The summed E-state index contributed by atoms with van der Waals surface area (Å²) in [6, 6.07) is 2.52. The summed E-state index contributed by atoms with van der Waals surface area (Å²) in [5.41, 5.74) is 0.114. The Balaban J connectivity index is 3.25. The molecule has 0 aromatic heterocycles. The van der Waals surface area contributed by atoms with E-state index >= 15 is 0 Å². The Labute approximate surface area is 96.5 Å². The smallest absolute Gasteiger partial charge is 0.465 e. The highest BCUT2D eigenvalue weighted by Crippen LogP contribution is 2.18. The fraction of sp³-hybridized carbons (Fsp3) is 0.125. The number of carbonyl (C=O) groups excluding carboxylic acids is 1. The van der Waals surface area contributed by atoms with Gasteiger partial charge in [-0.15, -0.1) is 0 Å². The molecular weight excluding hydrogens is 242 g/mol. The number of esters is 1. The van der Waals surface area contributed by atoms with E-state index in [0.717, 1.165) is 0 Å². The number of methoxy groups -OCH3 is 1. The molecule has 0 atom stereocenters. The van der Waals surface area contributed by atoms with E-state index in [1.165, 1.54) is 19.2 Å². The van der Waals surface area contributed by atoms with Gasteiger partial charge in [0.2, 0.25) is 0 Å². The maximum absolute atomic E-state index is 11.1. The summed E-state index contributed by atoms with van der Waals surface area (Å²) in [6.07, 6.45) is 0. The average molecular weight is 249 g/mol. The van der Waals surface area contributed by atoms with Gasteiger partial charge in [0.25, 0.3) is 0 Å². The van der Waals surface area contributed by atoms with Gasteiger partial charge >= 0.3 is 13.1 Å². The molecule has 0 bridgehead atoms. The van der Waals surface area contributed by atoms with Gasteiger partial charge in [0, 0.05) is 15.5 Å². The minimum Gasteiger partial charge on any atom is -0.465 e. The molecule has 4 nitrogen and oxygen atoms in total. The summed E-state index contributed by atoms with van der Waals surface area (Å²) in [5, 5.41) is 17.9. The van der Waals surface area contributed by atoms with Crippen LogP contribution in [0.2, 0.25) is 10.0 Å². The van der Waals surface area contributed by atoms with Gasteiger partial charge in [-0.05, 0) is 12.1 Å². The average Bonchev–Trinajstić information content (AvgIpc) is 2.14. The van der Waals surface area contributed by atoms with E-state index in [2.05, 4.69) is 4.74 Å². The van der Waals surface area contributed by atoms with Crippen molar-refractivity contribution < 1.29 is 19.6 Å². The fourth-order valence-corrected chi connectivity index (χ4v) is 1.75. The lowest BCUT2D eigenvalue weighted by Crippen LogP contribution is -2.32. The summed E-state index contributed by atoms with van der Waals surface area (Å²) in [5.74, 6) is -0.599. The van der Waals surface area contributed by atoms with Gasteiger partial charge in [0.15, 0.2) is 0 Å². The highest BCUT2D eigenvalue weighted by atomic mass is 35.5. The second kappa shape index (κ2) is 4.85. The lowest BCUT2D eigenvalue weighted by atomic mass is 9.80. The molecule has 0 fully saturated rings. The molecule has 0 aliphatic rings. The molecule has 0 aliphatic heterocycles. The first-order valence-corrected chi connectivity index (χ1v) is 4.66. The topological polar surface area (TPSA) is 66.8 Å². The van der Waals surface area contributed by atoms with E-state index in [9.17, 15) is 4.79 Å². The Hall–Kier alpha value is -0.745. The normalized spacial score (nSPS) is 9.93. The standard InChI is InChI=1S/C8H7BCl2O4/c1-15-8(12)4-2-5(10)7(9(13)14)6(11)3-4/h2-3,13-14H,1H3. The molecule has 0 amide bonds. The molecule has 1 rings (SSSR count). The van der Waals surface area contributed by atoms with E-state index in [4.69, 9.17) is 33.2 Å². The Kier molecular flexibility index (Phi) is 3.99. The summed E-state index contributed by atoms with van der Waals surface area (Å²) in [6.45, 7) is 0. The van der Waals surface area contributed by atoms with Gasteiger partial charge in [-0.25, -0.2) is 4.79 Å². The number of hydrogen-bond donors (Lipinski definition) is 2. The molecule has 1 aromatic rings. The van der Waals surface area contributed by atoms with E-state index in [1.807, 2.05) is 0 Å². The van der Waals surface area contributed by atoms with Crippen LogP contribution in [-0.2, 0) is 4.74 Å². The largest absolute Gasteiger partial charge is 0.491 e. The van der Waals surface area contributed by atoms with E-state index in [-0.39, 0.29) is 21.1 Å².